The summed E-state index contributed by atoms with van der Waals surface area (Å²) in [6, 6.07) is 17.4. The van der Waals surface area contributed by atoms with Gasteiger partial charge in [-0.1, -0.05) is 41.2 Å². The van der Waals surface area contributed by atoms with Gasteiger partial charge in [-0.3, -0.25) is 5.32 Å². The topological polar surface area (TPSA) is 117 Å². The molecule has 45 heavy (non-hydrogen) atoms. The highest BCUT2D eigenvalue weighted by atomic mass is 32.1. The van der Waals surface area contributed by atoms with Crippen LogP contribution in [0.2, 0.25) is 0 Å². The molecule has 1 aliphatic rings. The van der Waals surface area contributed by atoms with Crippen LogP contribution < -0.4 is 25.4 Å². The Morgan fingerprint density at radius 2 is 1.80 bits per heavy atom. The van der Waals surface area contributed by atoms with Crippen molar-refractivity contribution in [2.75, 3.05) is 64.1 Å². The van der Waals surface area contributed by atoms with Crippen LogP contribution in [0.5, 0.6) is 11.5 Å². The molecule has 3 aromatic carbocycles. The maximum absolute atomic E-state index is 12.5. The highest BCUT2D eigenvalue weighted by Gasteiger charge is 2.15. The van der Waals surface area contributed by atoms with Crippen LogP contribution in [0.1, 0.15) is 17.5 Å². The van der Waals surface area contributed by atoms with Crippen molar-refractivity contribution < 1.29 is 14.3 Å². The number of carbonyl (C=O) groups is 1. The van der Waals surface area contributed by atoms with Crippen LogP contribution in [0.25, 0.3) is 21.1 Å². The number of urea groups is 1. The fourth-order valence-corrected chi connectivity index (χ4v) is 6.10. The Balaban J connectivity index is 1.09. The number of hydrogen-bond donors (Lipinski definition) is 3. The fourth-order valence-electron chi connectivity index (χ4n) is 5.20. The van der Waals surface area contributed by atoms with Gasteiger partial charge < -0.3 is 29.9 Å². The Bertz CT molecular complexity index is 1770. The molecule has 0 radical (unpaired) electrons. The standard InChI is InChI=1S/C33H38N8O3S/c1-22-5-7-23(8-6-22)20-34-32(42)39-33-38-26-10-9-24(17-30(26)45-33)37-31-25-18-28(43-3)29(19-27(25)35-21-36-31)44-16-4-11-41-14-12-40(2)13-15-41/h5-10,17-19,21H,4,11-16,20H2,1-3H3,(H,35,36,37)(H2,34,38,39,42). The summed E-state index contributed by atoms with van der Waals surface area (Å²) >= 11 is 1.41. The van der Waals surface area contributed by atoms with Gasteiger partial charge in [0, 0.05) is 56.4 Å². The molecule has 12 heteroatoms. The molecule has 1 saturated heterocycles. The smallest absolute Gasteiger partial charge is 0.321 e. The number of aryl methyl sites for hydroxylation is 1. The molecule has 1 fully saturated rings. The molecule has 0 atom stereocenters. The number of anilines is 3. The Labute approximate surface area is 266 Å². The summed E-state index contributed by atoms with van der Waals surface area (Å²) in [4.78, 5) is 30.9. The van der Waals surface area contributed by atoms with Crippen molar-refractivity contribution in [2.24, 2.45) is 0 Å². The van der Waals surface area contributed by atoms with E-state index in [-0.39, 0.29) is 6.03 Å². The van der Waals surface area contributed by atoms with E-state index in [4.69, 9.17) is 9.47 Å². The van der Waals surface area contributed by atoms with Gasteiger partial charge in [-0.05, 0) is 50.2 Å². The first-order valence-electron chi connectivity index (χ1n) is 15.1. The maximum Gasteiger partial charge on any atom is 0.321 e. The molecule has 3 heterocycles. The Hall–Kier alpha value is -4.52. The Morgan fingerprint density at radius 3 is 2.60 bits per heavy atom. The average Bonchev–Trinajstić information content (AvgIpc) is 3.45. The summed E-state index contributed by atoms with van der Waals surface area (Å²) in [6.45, 7) is 8.51. The lowest BCUT2D eigenvalue weighted by Gasteiger charge is -2.32. The van der Waals surface area contributed by atoms with Crippen molar-refractivity contribution in [3.05, 3.63) is 72.1 Å². The number of ether oxygens (including phenoxy) is 2. The lowest BCUT2D eigenvalue weighted by Crippen LogP contribution is -2.44. The third kappa shape index (κ3) is 7.77. The summed E-state index contributed by atoms with van der Waals surface area (Å²) in [7, 11) is 3.81. The molecule has 2 amide bonds. The van der Waals surface area contributed by atoms with E-state index >= 15 is 0 Å². The van der Waals surface area contributed by atoms with Crippen molar-refractivity contribution in [3.8, 4) is 11.5 Å². The second kappa shape index (κ2) is 14.1. The van der Waals surface area contributed by atoms with Gasteiger partial charge in [-0.25, -0.2) is 19.7 Å². The highest BCUT2D eigenvalue weighted by molar-refractivity contribution is 7.22. The normalized spacial score (nSPS) is 14.0. The fraction of sp³-hybridized carbons (Fsp3) is 0.333. The first-order chi connectivity index (χ1) is 21.9. The van der Waals surface area contributed by atoms with Crippen LogP contribution in [0.4, 0.5) is 21.4 Å². The molecular formula is C33H38N8O3S. The second-order valence-corrected chi connectivity index (χ2v) is 12.2. The van der Waals surface area contributed by atoms with E-state index in [2.05, 4.69) is 47.7 Å². The number of fused-ring (bicyclic) bond motifs is 2. The third-order valence-corrected chi connectivity index (χ3v) is 8.77. The minimum atomic E-state index is -0.298. The number of nitrogens with zero attached hydrogens (tertiary/aromatic N) is 5. The number of likely N-dealkylation sites (N-methyl/N-ethyl adjacent to an activating group) is 1. The summed E-state index contributed by atoms with van der Waals surface area (Å²) in [5.74, 6) is 1.95. The summed E-state index contributed by atoms with van der Waals surface area (Å²) in [6.07, 6.45) is 2.48. The minimum absolute atomic E-state index is 0.298. The summed E-state index contributed by atoms with van der Waals surface area (Å²) in [5, 5.41) is 10.5. The van der Waals surface area contributed by atoms with Gasteiger partial charge in [-0.2, -0.15) is 0 Å². The van der Waals surface area contributed by atoms with E-state index in [1.54, 1.807) is 7.11 Å². The SMILES string of the molecule is COc1cc2c(Nc3ccc4nc(NC(=O)NCc5ccc(C)cc5)sc4c3)ncnc2cc1OCCCN1CCN(C)CC1. The monoisotopic (exact) mass is 626 g/mol. The lowest BCUT2D eigenvalue weighted by atomic mass is 10.1. The molecule has 0 saturated carbocycles. The van der Waals surface area contributed by atoms with Gasteiger partial charge >= 0.3 is 6.03 Å². The van der Waals surface area contributed by atoms with Crippen LogP contribution >= 0.6 is 11.3 Å². The van der Waals surface area contributed by atoms with Crippen molar-refractivity contribution >= 4 is 55.1 Å². The number of rotatable bonds is 11. The molecule has 1 aliphatic heterocycles. The number of aromatic nitrogens is 3. The van der Waals surface area contributed by atoms with Crippen molar-refractivity contribution in [3.63, 3.8) is 0 Å². The van der Waals surface area contributed by atoms with E-state index in [1.165, 1.54) is 23.2 Å². The molecule has 0 aliphatic carbocycles. The molecular weight excluding hydrogens is 588 g/mol. The van der Waals surface area contributed by atoms with Crippen molar-refractivity contribution in [1.29, 1.82) is 0 Å². The molecule has 234 valence electrons. The molecule has 11 nitrogen and oxygen atoms in total. The third-order valence-electron chi connectivity index (χ3n) is 7.84. The maximum atomic E-state index is 12.5. The van der Waals surface area contributed by atoms with Crippen LogP contribution in [-0.4, -0.2) is 84.3 Å². The van der Waals surface area contributed by atoms with E-state index in [1.807, 2.05) is 61.5 Å². The first-order valence-corrected chi connectivity index (χ1v) is 15.9. The van der Waals surface area contributed by atoms with Gasteiger partial charge in [-0.15, -0.1) is 0 Å². The number of methoxy groups -OCH3 is 1. The number of hydrogen-bond acceptors (Lipinski definition) is 10. The number of piperazine rings is 1. The van der Waals surface area contributed by atoms with Crippen molar-refractivity contribution in [1.82, 2.24) is 30.1 Å². The average molecular weight is 627 g/mol. The van der Waals surface area contributed by atoms with E-state index < -0.39 is 0 Å². The zero-order valence-electron chi connectivity index (χ0n) is 25.8. The van der Waals surface area contributed by atoms with Gasteiger partial charge in [0.2, 0.25) is 0 Å². The lowest BCUT2D eigenvalue weighted by molar-refractivity contribution is 0.145. The molecule has 2 aromatic heterocycles. The van der Waals surface area contributed by atoms with E-state index in [0.29, 0.717) is 35.6 Å². The zero-order chi connectivity index (χ0) is 31.2. The molecule has 5 aromatic rings. The van der Waals surface area contributed by atoms with E-state index in [0.717, 1.165) is 71.5 Å². The van der Waals surface area contributed by atoms with E-state index in [9.17, 15) is 4.79 Å². The molecule has 0 unspecified atom stereocenters. The molecule has 3 N–H and O–H groups in total. The number of thiazole rings is 1. The van der Waals surface area contributed by atoms with Crippen molar-refractivity contribution in [2.45, 2.75) is 19.9 Å². The van der Waals surface area contributed by atoms with Crippen LogP contribution in [-0.2, 0) is 6.54 Å². The van der Waals surface area contributed by atoms with Gasteiger partial charge in [0.15, 0.2) is 16.6 Å². The molecule has 6 rings (SSSR count). The van der Waals surface area contributed by atoms with Crippen LogP contribution in [0, 0.1) is 6.92 Å². The predicted octanol–water partition coefficient (Wildman–Crippen LogP) is 5.64. The highest BCUT2D eigenvalue weighted by Crippen LogP contribution is 2.36. The Kier molecular flexibility index (Phi) is 9.53. The number of amides is 2. The Morgan fingerprint density at radius 1 is 0.978 bits per heavy atom. The largest absolute Gasteiger partial charge is 0.493 e. The van der Waals surface area contributed by atoms with Gasteiger partial charge in [0.1, 0.15) is 12.1 Å². The minimum Gasteiger partial charge on any atom is -0.493 e. The quantitative estimate of drug-likeness (QED) is 0.160. The van der Waals surface area contributed by atoms with Gasteiger partial charge in [0.05, 0.1) is 29.5 Å². The molecule has 0 spiro atoms. The number of carbonyl (C=O) groups excluding carboxylic acids is 1. The zero-order valence-corrected chi connectivity index (χ0v) is 26.6. The van der Waals surface area contributed by atoms with Crippen LogP contribution in [0.15, 0.2) is 60.9 Å². The van der Waals surface area contributed by atoms with Crippen LogP contribution in [0.3, 0.4) is 0 Å². The summed E-state index contributed by atoms with van der Waals surface area (Å²) in [5.41, 5.74) is 4.60. The first kappa shape index (κ1) is 30.5. The molecule has 0 bridgehead atoms. The van der Waals surface area contributed by atoms with Gasteiger partial charge in [0.25, 0.3) is 0 Å². The summed E-state index contributed by atoms with van der Waals surface area (Å²) < 4.78 is 12.8. The second-order valence-electron chi connectivity index (χ2n) is 11.2. The predicted molar refractivity (Wildman–Crippen MR) is 180 cm³/mol. The number of nitrogens with one attached hydrogen (secondary N) is 3. The number of benzene rings is 3.